The highest BCUT2D eigenvalue weighted by Gasteiger charge is 2.33. The Labute approximate surface area is 244 Å². The number of thiazole rings is 1. The van der Waals surface area contributed by atoms with Gasteiger partial charge in [0.15, 0.2) is 0 Å². The fourth-order valence-corrected chi connectivity index (χ4v) is 5.35. The molecule has 1 N–H and O–H groups in total. The maximum absolute atomic E-state index is 13.8. The number of anilines is 1. The van der Waals surface area contributed by atoms with Crippen molar-refractivity contribution < 1.29 is 23.8 Å². The van der Waals surface area contributed by atoms with Crippen LogP contribution in [0.3, 0.4) is 0 Å². The predicted octanol–water partition coefficient (Wildman–Crippen LogP) is 6.07. The summed E-state index contributed by atoms with van der Waals surface area (Å²) in [6, 6.07) is 21.6. The van der Waals surface area contributed by atoms with E-state index in [1.807, 2.05) is 73.8 Å². The van der Waals surface area contributed by atoms with Crippen molar-refractivity contribution in [2.24, 2.45) is 5.92 Å². The van der Waals surface area contributed by atoms with Gasteiger partial charge in [-0.3, -0.25) is 9.59 Å². The number of amides is 2. The van der Waals surface area contributed by atoms with Gasteiger partial charge in [0.2, 0.25) is 11.8 Å². The first kappa shape index (κ1) is 29.6. The van der Waals surface area contributed by atoms with E-state index in [-0.39, 0.29) is 30.7 Å². The molecular weight excluding hydrogens is 538 g/mol. The molecule has 1 unspecified atom stereocenters. The highest BCUT2D eigenvalue weighted by Crippen LogP contribution is 2.31. The second kappa shape index (κ2) is 13.8. The Kier molecular flexibility index (Phi) is 9.97. The van der Waals surface area contributed by atoms with Gasteiger partial charge in [-0.25, -0.2) is 4.98 Å². The van der Waals surface area contributed by atoms with Crippen molar-refractivity contribution in [3.8, 4) is 28.5 Å². The summed E-state index contributed by atoms with van der Waals surface area (Å²) in [7, 11) is 4.72. The van der Waals surface area contributed by atoms with Gasteiger partial charge >= 0.3 is 0 Å². The minimum atomic E-state index is -0.758. The molecule has 0 fully saturated rings. The highest BCUT2D eigenvalue weighted by atomic mass is 32.1. The minimum Gasteiger partial charge on any atom is -0.497 e. The van der Waals surface area contributed by atoms with Gasteiger partial charge in [0.25, 0.3) is 0 Å². The summed E-state index contributed by atoms with van der Waals surface area (Å²) in [6.45, 7) is 4.06. The number of nitrogens with zero attached hydrogens (tertiary/aromatic N) is 2. The van der Waals surface area contributed by atoms with Gasteiger partial charge in [0.05, 0.1) is 45.7 Å². The fraction of sp³-hybridized carbons (Fsp3) is 0.281. The SMILES string of the molecule is COc1ccc(-c2csc(CN(C(=O)Cc3ccccc3)C(C(=O)Nc3ccc(OC)cc3OC)C(C)C)n2)cc1. The molecular formula is C32H35N3O5S. The third-order valence-corrected chi connectivity index (χ3v) is 7.50. The van der Waals surface area contributed by atoms with E-state index in [4.69, 9.17) is 19.2 Å². The predicted molar refractivity (Wildman–Crippen MR) is 162 cm³/mol. The van der Waals surface area contributed by atoms with Crippen LogP contribution in [0.4, 0.5) is 5.69 Å². The number of carbonyl (C=O) groups excluding carboxylic acids is 2. The van der Waals surface area contributed by atoms with E-state index in [1.54, 1.807) is 37.3 Å². The lowest BCUT2D eigenvalue weighted by molar-refractivity contribution is -0.140. The largest absolute Gasteiger partial charge is 0.497 e. The molecule has 2 amide bonds. The minimum absolute atomic E-state index is 0.159. The molecule has 1 aromatic heterocycles. The third-order valence-electron chi connectivity index (χ3n) is 6.66. The van der Waals surface area contributed by atoms with Crippen molar-refractivity contribution in [1.29, 1.82) is 0 Å². The standard InChI is InChI=1S/C32H35N3O5S/c1-21(2)31(32(37)34-26-16-15-25(39-4)18-28(26)40-5)35(30(36)17-22-9-7-6-8-10-22)19-29-33-27(20-41-29)23-11-13-24(38-3)14-12-23/h6-16,18,20-21,31H,17,19H2,1-5H3,(H,34,37). The van der Waals surface area contributed by atoms with Crippen molar-refractivity contribution in [1.82, 2.24) is 9.88 Å². The van der Waals surface area contributed by atoms with Crippen LogP contribution in [0.1, 0.15) is 24.4 Å². The van der Waals surface area contributed by atoms with Gasteiger partial charge in [-0.05, 0) is 47.9 Å². The van der Waals surface area contributed by atoms with Crippen molar-refractivity contribution >= 4 is 28.8 Å². The van der Waals surface area contributed by atoms with E-state index in [9.17, 15) is 9.59 Å². The van der Waals surface area contributed by atoms with Crippen molar-refractivity contribution in [2.75, 3.05) is 26.6 Å². The Morgan fingerprint density at radius 2 is 1.59 bits per heavy atom. The first-order valence-electron chi connectivity index (χ1n) is 13.3. The Bertz CT molecular complexity index is 1450. The Balaban J connectivity index is 1.64. The molecule has 214 valence electrons. The topological polar surface area (TPSA) is 90.0 Å². The average molecular weight is 574 g/mol. The lowest BCUT2D eigenvalue weighted by Gasteiger charge is -2.33. The molecule has 0 aliphatic heterocycles. The number of rotatable bonds is 12. The average Bonchev–Trinajstić information content (AvgIpc) is 3.46. The molecule has 1 atom stereocenters. The van der Waals surface area contributed by atoms with Crippen molar-refractivity contribution in [3.63, 3.8) is 0 Å². The molecule has 4 aromatic rings. The lowest BCUT2D eigenvalue weighted by atomic mass is 10.00. The summed E-state index contributed by atoms with van der Waals surface area (Å²) in [5.74, 6) is 1.19. The summed E-state index contributed by atoms with van der Waals surface area (Å²) < 4.78 is 16.0. The van der Waals surface area contributed by atoms with Gasteiger partial charge in [0.1, 0.15) is 28.3 Å². The maximum Gasteiger partial charge on any atom is 0.247 e. The molecule has 0 saturated heterocycles. The highest BCUT2D eigenvalue weighted by molar-refractivity contribution is 7.09. The Hall–Kier alpha value is -4.37. The molecule has 41 heavy (non-hydrogen) atoms. The fourth-order valence-electron chi connectivity index (χ4n) is 4.55. The molecule has 9 heteroatoms. The smallest absolute Gasteiger partial charge is 0.247 e. The normalized spacial score (nSPS) is 11.6. The monoisotopic (exact) mass is 573 g/mol. The van der Waals surface area contributed by atoms with Crippen LogP contribution in [-0.4, -0.2) is 49.1 Å². The van der Waals surface area contributed by atoms with Gasteiger partial charge < -0.3 is 24.4 Å². The summed E-state index contributed by atoms with van der Waals surface area (Å²) in [4.78, 5) is 34.1. The first-order chi connectivity index (χ1) is 19.8. The molecule has 8 nitrogen and oxygen atoms in total. The Morgan fingerprint density at radius 3 is 2.22 bits per heavy atom. The zero-order valence-corrected chi connectivity index (χ0v) is 24.7. The van der Waals surface area contributed by atoms with Crippen LogP contribution in [-0.2, 0) is 22.6 Å². The summed E-state index contributed by atoms with van der Waals surface area (Å²) in [5.41, 5.74) is 3.12. The molecule has 0 aliphatic carbocycles. The number of aromatic nitrogens is 1. The second-order valence-corrected chi connectivity index (χ2v) is 10.7. The number of methoxy groups -OCH3 is 3. The number of hydrogen-bond donors (Lipinski definition) is 1. The maximum atomic E-state index is 13.8. The zero-order valence-electron chi connectivity index (χ0n) is 23.9. The third kappa shape index (κ3) is 7.43. The molecule has 0 aliphatic rings. The number of carbonyl (C=O) groups is 2. The number of hydrogen-bond acceptors (Lipinski definition) is 7. The molecule has 0 bridgehead atoms. The quantitative estimate of drug-likeness (QED) is 0.221. The summed E-state index contributed by atoms with van der Waals surface area (Å²) in [5, 5.41) is 5.67. The molecule has 4 rings (SSSR count). The van der Waals surface area contributed by atoms with Crippen molar-refractivity contribution in [3.05, 3.63) is 88.7 Å². The molecule has 3 aromatic carbocycles. The van der Waals surface area contributed by atoms with Crippen LogP contribution in [0.15, 0.2) is 78.2 Å². The van der Waals surface area contributed by atoms with E-state index in [1.165, 1.54) is 18.4 Å². The van der Waals surface area contributed by atoms with Gasteiger partial charge in [0, 0.05) is 17.0 Å². The molecule has 0 saturated carbocycles. The van der Waals surface area contributed by atoms with E-state index < -0.39 is 6.04 Å². The molecule has 0 radical (unpaired) electrons. The van der Waals surface area contributed by atoms with E-state index in [2.05, 4.69) is 5.32 Å². The van der Waals surface area contributed by atoms with Crippen molar-refractivity contribution in [2.45, 2.75) is 32.9 Å². The van der Waals surface area contributed by atoms with Crippen LogP contribution >= 0.6 is 11.3 Å². The second-order valence-electron chi connectivity index (χ2n) is 9.78. The first-order valence-corrected chi connectivity index (χ1v) is 14.2. The van der Waals surface area contributed by atoms with Crippen LogP contribution in [0.5, 0.6) is 17.2 Å². The zero-order chi connectivity index (χ0) is 29.4. The van der Waals surface area contributed by atoms with E-state index in [0.717, 1.165) is 27.6 Å². The number of ether oxygens (including phenoxy) is 3. The van der Waals surface area contributed by atoms with Crippen LogP contribution in [0, 0.1) is 5.92 Å². The number of benzene rings is 3. The summed E-state index contributed by atoms with van der Waals surface area (Å²) >= 11 is 1.46. The van der Waals surface area contributed by atoms with Crippen LogP contribution < -0.4 is 19.5 Å². The Morgan fingerprint density at radius 1 is 0.902 bits per heavy atom. The van der Waals surface area contributed by atoms with Crippen LogP contribution in [0.2, 0.25) is 0 Å². The van der Waals surface area contributed by atoms with E-state index >= 15 is 0 Å². The number of nitrogens with one attached hydrogen (secondary N) is 1. The van der Waals surface area contributed by atoms with E-state index in [0.29, 0.717) is 17.2 Å². The van der Waals surface area contributed by atoms with Gasteiger partial charge in [-0.1, -0.05) is 44.2 Å². The molecule has 1 heterocycles. The van der Waals surface area contributed by atoms with Gasteiger partial charge in [-0.15, -0.1) is 11.3 Å². The lowest BCUT2D eigenvalue weighted by Crippen LogP contribution is -2.50. The molecule has 0 spiro atoms. The van der Waals surface area contributed by atoms with Gasteiger partial charge in [-0.2, -0.15) is 0 Å². The summed E-state index contributed by atoms with van der Waals surface area (Å²) in [6.07, 6.45) is 0.167. The van der Waals surface area contributed by atoms with Crippen LogP contribution in [0.25, 0.3) is 11.3 Å².